The summed E-state index contributed by atoms with van der Waals surface area (Å²) in [6.45, 7) is 0. The van der Waals surface area contributed by atoms with Gasteiger partial charge < -0.3 is 5.73 Å². The van der Waals surface area contributed by atoms with E-state index in [0.717, 1.165) is 22.5 Å². The second kappa shape index (κ2) is 3.70. The van der Waals surface area contributed by atoms with Gasteiger partial charge in [0, 0.05) is 10.2 Å². The van der Waals surface area contributed by atoms with Gasteiger partial charge in [0.2, 0.25) is 0 Å². The lowest BCUT2D eigenvalue weighted by Crippen LogP contribution is -1.94. The molecule has 0 aromatic heterocycles. The maximum Gasteiger partial charge on any atom is 0.0347 e. The predicted molar refractivity (Wildman–Crippen MR) is 59.6 cm³/mol. The summed E-state index contributed by atoms with van der Waals surface area (Å²) in [4.78, 5) is 0. The Morgan fingerprint density at radius 1 is 1.38 bits per heavy atom. The fourth-order valence-electron chi connectivity index (χ4n) is 1.56. The number of hydrogen-bond acceptors (Lipinski definition) is 1. The number of aryl methyl sites for hydroxylation is 1. The third kappa shape index (κ3) is 2.47. The van der Waals surface area contributed by atoms with Gasteiger partial charge in [-0.15, -0.1) is 0 Å². The van der Waals surface area contributed by atoms with Crippen LogP contribution in [-0.4, -0.2) is 0 Å². The van der Waals surface area contributed by atoms with Crippen molar-refractivity contribution in [3.63, 3.8) is 0 Å². The molecule has 70 valence electrons. The molecule has 1 nitrogen and oxygen atoms in total. The van der Waals surface area contributed by atoms with E-state index in [-0.39, 0.29) is 0 Å². The van der Waals surface area contributed by atoms with E-state index in [1.165, 1.54) is 24.8 Å². The highest BCUT2D eigenvalue weighted by Crippen LogP contribution is 2.34. The number of anilines is 1. The standard InChI is InChI=1S/C11H14BrN/c12-10-5-6-11(13)9(7-10)4-3-8-1-2-8/h5-8H,1-4,13H2. The molecule has 0 saturated heterocycles. The third-order valence-electron chi connectivity index (χ3n) is 2.62. The van der Waals surface area contributed by atoms with Crippen molar-refractivity contribution in [1.29, 1.82) is 0 Å². The minimum atomic E-state index is 0.934. The molecule has 0 spiro atoms. The van der Waals surface area contributed by atoms with Crippen LogP contribution in [0.25, 0.3) is 0 Å². The van der Waals surface area contributed by atoms with E-state index in [1.54, 1.807) is 0 Å². The molecule has 0 amide bonds. The number of hydrogen-bond donors (Lipinski definition) is 1. The van der Waals surface area contributed by atoms with E-state index in [0.29, 0.717) is 0 Å². The summed E-state index contributed by atoms with van der Waals surface area (Å²) in [5.74, 6) is 0.985. The highest BCUT2D eigenvalue weighted by molar-refractivity contribution is 9.10. The van der Waals surface area contributed by atoms with Crippen molar-refractivity contribution < 1.29 is 0 Å². The lowest BCUT2D eigenvalue weighted by atomic mass is 10.1. The molecular weight excluding hydrogens is 226 g/mol. The fraction of sp³-hybridized carbons (Fsp3) is 0.455. The van der Waals surface area contributed by atoms with Crippen molar-refractivity contribution in [2.24, 2.45) is 5.92 Å². The van der Waals surface area contributed by atoms with Crippen molar-refractivity contribution in [3.8, 4) is 0 Å². The summed E-state index contributed by atoms with van der Waals surface area (Å²) < 4.78 is 1.13. The number of halogens is 1. The monoisotopic (exact) mass is 239 g/mol. The molecule has 1 aliphatic carbocycles. The van der Waals surface area contributed by atoms with Crippen LogP contribution in [0.15, 0.2) is 22.7 Å². The lowest BCUT2D eigenvalue weighted by molar-refractivity contribution is 0.727. The van der Waals surface area contributed by atoms with Crippen LogP contribution in [0, 0.1) is 5.92 Å². The molecule has 0 unspecified atom stereocenters. The maximum absolute atomic E-state index is 5.88. The average Bonchev–Trinajstić information content (AvgIpc) is 2.90. The molecular formula is C11H14BrN. The SMILES string of the molecule is Nc1ccc(Br)cc1CCC1CC1. The van der Waals surface area contributed by atoms with E-state index < -0.39 is 0 Å². The molecule has 2 heteroatoms. The van der Waals surface area contributed by atoms with Crippen molar-refractivity contribution in [1.82, 2.24) is 0 Å². The number of nitrogen functional groups attached to an aromatic ring is 1. The topological polar surface area (TPSA) is 26.0 Å². The minimum Gasteiger partial charge on any atom is -0.399 e. The van der Waals surface area contributed by atoms with Gasteiger partial charge in [0.15, 0.2) is 0 Å². The molecule has 1 fully saturated rings. The molecule has 0 heterocycles. The minimum absolute atomic E-state index is 0.934. The average molecular weight is 240 g/mol. The van der Waals surface area contributed by atoms with Crippen molar-refractivity contribution in [2.45, 2.75) is 25.7 Å². The molecule has 1 aromatic carbocycles. The van der Waals surface area contributed by atoms with E-state index in [1.807, 2.05) is 12.1 Å². The third-order valence-corrected chi connectivity index (χ3v) is 3.12. The van der Waals surface area contributed by atoms with Crippen molar-refractivity contribution >= 4 is 21.6 Å². The Balaban J connectivity index is 2.03. The second-order valence-electron chi connectivity index (χ2n) is 3.83. The lowest BCUT2D eigenvalue weighted by Gasteiger charge is -2.05. The first-order chi connectivity index (χ1) is 6.25. The number of benzene rings is 1. The molecule has 0 radical (unpaired) electrons. The Morgan fingerprint density at radius 3 is 2.85 bits per heavy atom. The molecule has 0 aliphatic heterocycles. The number of nitrogens with two attached hydrogens (primary N) is 1. The van der Waals surface area contributed by atoms with Gasteiger partial charge in [-0.1, -0.05) is 28.8 Å². The maximum atomic E-state index is 5.88. The quantitative estimate of drug-likeness (QED) is 0.805. The summed E-state index contributed by atoms with van der Waals surface area (Å²) >= 11 is 3.46. The first kappa shape index (κ1) is 9.07. The summed E-state index contributed by atoms with van der Waals surface area (Å²) in [6.07, 6.45) is 5.29. The van der Waals surface area contributed by atoms with Crippen LogP contribution in [0.1, 0.15) is 24.8 Å². The fourth-order valence-corrected chi connectivity index (χ4v) is 1.97. The van der Waals surface area contributed by atoms with Gasteiger partial charge in [0.25, 0.3) is 0 Å². The smallest absolute Gasteiger partial charge is 0.0347 e. The van der Waals surface area contributed by atoms with Crippen molar-refractivity contribution in [3.05, 3.63) is 28.2 Å². The first-order valence-electron chi connectivity index (χ1n) is 4.79. The van der Waals surface area contributed by atoms with Crippen LogP contribution < -0.4 is 5.73 Å². The van der Waals surface area contributed by atoms with Crippen LogP contribution in [0.2, 0.25) is 0 Å². The zero-order chi connectivity index (χ0) is 9.26. The van der Waals surface area contributed by atoms with Crippen LogP contribution in [-0.2, 0) is 6.42 Å². The summed E-state index contributed by atoms with van der Waals surface area (Å²) in [6, 6.07) is 6.11. The van der Waals surface area contributed by atoms with Crippen LogP contribution in [0.3, 0.4) is 0 Å². The normalized spacial score (nSPS) is 16.1. The van der Waals surface area contributed by atoms with Crippen LogP contribution in [0.4, 0.5) is 5.69 Å². The summed E-state index contributed by atoms with van der Waals surface area (Å²) in [7, 11) is 0. The molecule has 1 aliphatic rings. The molecule has 2 N–H and O–H groups in total. The molecule has 13 heavy (non-hydrogen) atoms. The van der Waals surface area contributed by atoms with E-state index >= 15 is 0 Å². The van der Waals surface area contributed by atoms with Gasteiger partial charge in [-0.2, -0.15) is 0 Å². The van der Waals surface area contributed by atoms with E-state index in [2.05, 4.69) is 22.0 Å². The van der Waals surface area contributed by atoms with Gasteiger partial charge in [-0.3, -0.25) is 0 Å². The zero-order valence-corrected chi connectivity index (χ0v) is 9.18. The largest absolute Gasteiger partial charge is 0.399 e. The van der Waals surface area contributed by atoms with Gasteiger partial charge in [-0.05, 0) is 42.5 Å². The van der Waals surface area contributed by atoms with Gasteiger partial charge >= 0.3 is 0 Å². The Kier molecular flexibility index (Phi) is 2.58. The van der Waals surface area contributed by atoms with Gasteiger partial charge in [-0.25, -0.2) is 0 Å². The van der Waals surface area contributed by atoms with Gasteiger partial charge in [0.1, 0.15) is 0 Å². The zero-order valence-electron chi connectivity index (χ0n) is 7.59. The summed E-state index contributed by atoms with van der Waals surface area (Å²) in [5, 5.41) is 0. The molecule has 0 bridgehead atoms. The van der Waals surface area contributed by atoms with Gasteiger partial charge in [0.05, 0.1) is 0 Å². The Labute approximate surface area is 87.5 Å². The summed E-state index contributed by atoms with van der Waals surface area (Å²) in [5.41, 5.74) is 8.10. The second-order valence-corrected chi connectivity index (χ2v) is 4.74. The first-order valence-corrected chi connectivity index (χ1v) is 5.59. The van der Waals surface area contributed by atoms with Crippen LogP contribution in [0.5, 0.6) is 0 Å². The predicted octanol–water partition coefficient (Wildman–Crippen LogP) is 3.37. The Bertz CT molecular complexity index is 305. The van der Waals surface area contributed by atoms with Crippen LogP contribution >= 0.6 is 15.9 Å². The van der Waals surface area contributed by atoms with Crippen molar-refractivity contribution in [2.75, 3.05) is 5.73 Å². The highest BCUT2D eigenvalue weighted by Gasteiger charge is 2.20. The molecule has 1 aromatic rings. The molecule has 2 rings (SSSR count). The Morgan fingerprint density at radius 2 is 2.15 bits per heavy atom. The molecule has 1 saturated carbocycles. The van der Waals surface area contributed by atoms with E-state index in [9.17, 15) is 0 Å². The number of rotatable bonds is 3. The van der Waals surface area contributed by atoms with E-state index in [4.69, 9.17) is 5.73 Å². The Hall–Kier alpha value is -0.500. The highest BCUT2D eigenvalue weighted by atomic mass is 79.9. The molecule has 0 atom stereocenters.